The first-order chi connectivity index (χ1) is 13.2. The second-order valence-corrected chi connectivity index (χ2v) is 7.70. The summed E-state index contributed by atoms with van der Waals surface area (Å²) in [6.07, 6.45) is 1.84. The smallest absolute Gasteiger partial charge is 0.248 e. The van der Waals surface area contributed by atoms with Crippen LogP contribution >= 0.6 is 11.3 Å². The van der Waals surface area contributed by atoms with Crippen LogP contribution in [-0.2, 0) is 4.79 Å². The molecule has 27 heavy (non-hydrogen) atoms. The van der Waals surface area contributed by atoms with Crippen molar-refractivity contribution < 1.29 is 9.21 Å². The molecule has 0 saturated carbocycles. The Morgan fingerprint density at radius 1 is 1.22 bits per heavy atom. The number of anilines is 1. The van der Waals surface area contributed by atoms with Crippen LogP contribution in [0, 0.1) is 6.92 Å². The van der Waals surface area contributed by atoms with E-state index in [-0.39, 0.29) is 11.8 Å². The van der Waals surface area contributed by atoms with Gasteiger partial charge >= 0.3 is 0 Å². The van der Waals surface area contributed by atoms with E-state index in [9.17, 15) is 4.79 Å². The zero-order chi connectivity index (χ0) is 18.6. The number of hydrogen-bond acceptors (Lipinski definition) is 6. The number of piperidine rings is 1. The highest BCUT2D eigenvalue weighted by Gasteiger charge is 2.26. The molecule has 0 bridgehead atoms. The standard InChI is InChI=1S/C20H22N4O2S/c1-14-2-4-17(5-3-14)21-18(25)12-24-9-6-15(7-10-24)19-22-23-20(26-19)16-8-11-27-13-16/h2-5,8,11,13,15H,6-7,9-10,12H2,1H3,(H,21,25). The molecule has 2 aromatic heterocycles. The molecule has 0 spiro atoms. The predicted octanol–water partition coefficient (Wildman–Crippen LogP) is 3.92. The van der Waals surface area contributed by atoms with Gasteiger partial charge in [0.15, 0.2) is 0 Å². The Bertz CT molecular complexity index is 881. The molecule has 1 fully saturated rings. The van der Waals surface area contributed by atoms with Crippen molar-refractivity contribution in [2.24, 2.45) is 0 Å². The maximum Gasteiger partial charge on any atom is 0.248 e. The fraction of sp³-hybridized carbons (Fsp3) is 0.350. The second-order valence-electron chi connectivity index (χ2n) is 6.92. The third-order valence-corrected chi connectivity index (χ3v) is 5.53. The van der Waals surface area contributed by atoms with Gasteiger partial charge in [-0.25, -0.2) is 0 Å². The van der Waals surface area contributed by atoms with E-state index in [1.807, 2.05) is 48.0 Å². The van der Waals surface area contributed by atoms with E-state index in [0.717, 1.165) is 37.2 Å². The third-order valence-electron chi connectivity index (χ3n) is 4.85. The van der Waals surface area contributed by atoms with Crippen LogP contribution in [0.2, 0.25) is 0 Å². The summed E-state index contributed by atoms with van der Waals surface area (Å²) in [7, 11) is 0. The first-order valence-corrected chi connectivity index (χ1v) is 10.1. The van der Waals surface area contributed by atoms with Gasteiger partial charge in [0, 0.05) is 22.5 Å². The minimum atomic E-state index is 0.0230. The lowest BCUT2D eigenvalue weighted by Gasteiger charge is -2.29. The summed E-state index contributed by atoms with van der Waals surface area (Å²) in [6.45, 7) is 4.14. The van der Waals surface area contributed by atoms with E-state index in [2.05, 4.69) is 20.4 Å². The zero-order valence-electron chi connectivity index (χ0n) is 15.2. The number of aromatic nitrogens is 2. The minimum absolute atomic E-state index is 0.0230. The molecule has 7 heteroatoms. The van der Waals surface area contributed by atoms with E-state index in [1.54, 1.807) is 11.3 Å². The van der Waals surface area contributed by atoms with Crippen LogP contribution in [0.3, 0.4) is 0 Å². The lowest BCUT2D eigenvalue weighted by Crippen LogP contribution is -2.38. The maximum atomic E-state index is 12.3. The van der Waals surface area contributed by atoms with Gasteiger partial charge < -0.3 is 9.73 Å². The van der Waals surface area contributed by atoms with E-state index < -0.39 is 0 Å². The van der Waals surface area contributed by atoms with Crippen LogP contribution in [0.4, 0.5) is 5.69 Å². The Hall–Kier alpha value is -2.51. The number of thiophene rings is 1. The van der Waals surface area contributed by atoms with Crippen LogP contribution in [0.1, 0.15) is 30.2 Å². The van der Waals surface area contributed by atoms with Crippen molar-refractivity contribution in [3.05, 3.63) is 52.5 Å². The Morgan fingerprint density at radius 3 is 2.70 bits per heavy atom. The highest BCUT2D eigenvalue weighted by atomic mass is 32.1. The molecule has 1 N–H and O–H groups in total. The van der Waals surface area contributed by atoms with E-state index in [1.165, 1.54) is 5.56 Å². The average molecular weight is 382 g/mol. The quantitative estimate of drug-likeness (QED) is 0.724. The lowest BCUT2D eigenvalue weighted by atomic mass is 9.97. The number of aryl methyl sites for hydroxylation is 1. The molecule has 0 unspecified atom stereocenters. The second kappa shape index (κ2) is 8.02. The summed E-state index contributed by atoms with van der Waals surface area (Å²) in [6, 6.07) is 9.84. The van der Waals surface area contributed by atoms with Crippen molar-refractivity contribution in [1.82, 2.24) is 15.1 Å². The largest absolute Gasteiger partial charge is 0.420 e. The fourth-order valence-corrected chi connectivity index (χ4v) is 3.91. The monoisotopic (exact) mass is 382 g/mol. The van der Waals surface area contributed by atoms with Crippen LogP contribution in [0.25, 0.3) is 11.5 Å². The molecule has 1 aliphatic rings. The summed E-state index contributed by atoms with van der Waals surface area (Å²) in [5, 5.41) is 15.4. The Morgan fingerprint density at radius 2 is 2.00 bits per heavy atom. The Kier molecular flexibility index (Phi) is 5.31. The molecule has 1 aromatic carbocycles. The summed E-state index contributed by atoms with van der Waals surface area (Å²) in [5.41, 5.74) is 2.99. The number of carbonyl (C=O) groups excluding carboxylic acids is 1. The summed E-state index contributed by atoms with van der Waals surface area (Å²) in [5.74, 6) is 1.59. The van der Waals surface area contributed by atoms with E-state index >= 15 is 0 Å². The van der Waals surface area contributed by atoms with Crippen molar-refractivity contribution in [2.75, 3.05) is 25.0 Å². The summed E-state index contributed by atoms with van der Waals surface area (Å²) < 4.78 is 5.86. The van der Waals surface area contributed by atoms with Gasteiger partial charge in [-0.1, -0.05) is 17.7 Å². The lowest BCUT2D eigenvalue weighted by molar-refractivity contribution is -0.117. The number of hydrogen-bond donors (Lipinski definition) is 1. The molecule has 140 valence electrons. The number of nitrogens with zero attached hydrogens (tertiary/aromatic N) is 3. The topological polar surface area (TPSA) is 71.3 Å². The molecule has 0 aliphatic carbocycles. The third kappa shape index (κ3) is 4.43. The minimum Gasteiger partial charge on any atom is -0.420 e. The average Bonchev–Trinajstić information content (AvgIpc) is 3.36. The maximum absolute atomic E-state index is 12.3. The fourth-order valence-electron chi connectivity index (χ4n) is 3.28. The van der Waals surface area contributed by atoms with Gasteiger partial charge in [0.05, 0.1) is 6.54 Å². The van der Waals surface area contributed by atoms with Crippen LogP contribution in [-0.4, -0.2) is 40.6 Å². The molecule has 1 amide bonds. The summed E-state index contributed by atoms with van der Waals surface area (Å²) in [4.78, 5) is 14.4. The molecule has 1 saturated heterocycles. The highest BCUT2D eigenvalue weighted by molar-refractivity contribution is 7.08. The van der Waals surface area contributed by atoms with Crippen molar-refractivity contribution in [2.45, 2.75) is 25.7 Å². The van der Waals surface area contributed by atoms with Crippen molar-refractivity contribution >= 4 is 22.9 Å². The van der Waals surface area contributed by atoms with Crippen LogP contribution in [0.5, 0.6) is 0 Å². The molecule has 0 atom stereocenters. The van der Waals surface area contributed by atoms with E-state index in [0.29, 0.717) is 18.3 Å². The Labute approximate surface area is 162 Å². The van der Waals surface area contributed by atoms with Crippen LogP contribution < -0.4 is 5.32 Å². The normalized spacial score (nSPS) is 15.7. The molecular weight excluding hydrogens is 360 g/mol. The van der Waals surface area contributed by atoms with Gasteiger partial charge in [0.25, 0.3) is 0 Å². The Balaban J connectivity index is 1.27. The van der Waals surface area contributed by atoms with Crippen molar-refractivity contribution in [3.8, 4) is 11.5 Å². The highest BCUT2D eigenvalue weighted by Crippen LogP contribution is 2.29. The molecule has 3 heterocycles. The first-order valence-electron chi connectivity index (χ1n) is 9.12. The number of likely N-dealkylation sites (tertiary alicyclic amines) is 1. The van der Waals surface area contributed by atoms with Gasteiger partial charge in [0.1, 0.15) is 0 Å². The zero-order valence-corrected chi connectivity index (χ0v) is 16.0. The number of benzene rings is 1. The van der Waals surface area contributed by atoms with Gasteiger partial charge in [-0.2, -0.15) is 11.3 Å². The molecule has 6 nitrogen and oxygen atoms in total. The predicted molar refractivity (Wildman–Crippen MR) is 106 cm³/mol. The number of rotatable bonds is 5. The van der Waals surface area contributed by atoms with Crippen molar-refractivity contribution in [3.63, 3.8) is 0 Å². The number of carbonyl (C=O) groups is 1. The van der Waals surface area contributed by atoms with Crippen LogP contribution in [0.15, 0.2) is 45.5 Å². The van der Waals surface area contributed by atoms with E-state index in [4.69, 9.17) is 4.42 Å². The van der Waals surface area contributed by atoms with Gasteiger partial charge in [-0.3, -0.25) is 9.69 Å². The molecule has 3 aromatic rings. The molecule has 0 radical (unpaired) electrons. The molecule has 1 aliphatic heterocycles. The van der Waals surface area contributed by atoms with Gasteiger partial charge in [-0.15, -0.1) is 10.2 Å². The summed E-state index contributed by atoms with van der Waals surface area (Å²) >= 11 is 1.61. The van der Waals surface area contributed by atoms with Gasteiger partial charge in [-0.05, 0) is 56.4 Å². The van der Waals surface area contributed by atoms with Gasteiger partial charge in [0.2, 0.25) is 17.7 Å². The molecule has 4 rings (SSSR count). The molecular formula is C20H22N4O2S. The van der Waals surface area contributed by atoms with Crippen molar-refractivity contribution in [1.29, 1.82) is 0 Å². The first kappa shape index (κ1) is 17.9. The number of amides is 1. The number of nitrogens with one attached hydrogen (secondary N) is 1. The SMILES string of the molecule is Cc1ccc(NC(=O)CN2CCC(c3nnc(-c4ccsc4)o3)CC2)cc1.